The molecule has 3 rings (SSSR count). The van der Waals surface area contributed by atoms with Gasteiger partial charge in [0.2, 0.25) is 0 Å². The van der Waals surface area contributed by atoms with Crippen LogP contribution in [0.25, 0.3) is 0 Å². The number of benzene rings is 2. The average molecular weight is 265 g/mol. The Kier molecular flexibility index (Phi) is 3.55. The third kappa shape index (κ3) is 2.46. The van der Waals surface area contributed by atoms with Crippen molar-refractivity contribution in [3.05, 3.63) is 70.8 Å². The molecule has 2 heteroatoms. The van der Waals surface area contributed by atoms with Crippen LogP contribution >= 0.6 is 0 Å². The lowest BCUT2D eigenvalue weighted by Crippen LogP contribution is -2.31. The maximum Gasteiger partial charge on any atom is 0.252 e. The van der Waals surface area contributed by atoms with Crippen molar-refractivity contribution in [1.82, 2.24) is 5.32 Å². The molecule has 0 heterocycles. The zero-order chi connectivity index (χ0) is 13.9. The van der Waals surface area contributed by atoms with Crippen molar-refractivity contribution in [3.63, 3.8) is 0 Å². The van der Waals surface area contributed by atoms with Crippen molar-refractivity contribution >= 4 is 5.91 Å². The van der Waals surface area contributed by atoms with E-state index in [4.69, 9.17) is 0 Å². The molecule has 2 nitrogen and oxygen atoms in total. The number of carbonyl (C=O) groups is 1. The molecule has 0 radical (unpaired) electrons. The third-order valence-electron chi connectivity index (χ3n) is 4.06. The number of nitrogens with one attached hydrogen (secondary N) is 1. The summed E-state index contributed by atoms with van der Waals surface area (Å²) in [5.74, 6) is 0.0322. The summed E-state index contributed by atoms with van der Waals surface area (Å²) >= 11 is 0. The zero-order valence-electron chi connectivity index (χ0n) is 11.7. The number of hydrogen-bond donors (Lipinski definition) is 1. The molecule has 2 aromatic carbocycles. The second kappa shape index (κ2) is 5.49. The molecule has 20 heavy (non-hydrogen) atoms. The van der Waals surface area contributed by atoms with E-state index in [2.05, 4.69) is 29.6 Å². The van der Waals surface area contributed by atoms with Crippen molar-refractivity contribution < 1.29 is 4.79 Å². The first-order valence-electron chi connectivity index (χ1n) is 7.20. The summed E-state index contributed by atoms with van der Waals surface area (Å²) in [6.07, 6.45) is 3.28. The molecule has 1 aliphatic rings. The minimum atomic E-state index is 0.0322. The smallest absolute Gasteiger partial charge is 0.252 e. The van der Waals surface area contributed by atoms with Crippen molar-refractivity contribution in [2.45, 2.75) is 32.2 Å². The SMILES string of the molecule is Cc1ccccc1C(=O)N[C@@H]1CCCc2ccccc21. The molecule has 1 aliphatic carbocycles. The molecule has 0 fully saturated rings. The Morgan fingerprint density at radius 3 is 2.70 bits per heavy atom. The summed E-state index contributed by atoms with van der Waals surface area (Å²) < 4.78 is 0. The molecule has 0 bridgehead atoms. The quantitative estimate of drug-likeness (QED) is 0.879. The predicted molar refractivity (Wildman–Crippen MR) is 80.8 cm³/mol. The van der Waals surface area contributed by atoms with Crippen LogP contribution in [0.2, 0.25) is 0 Å². The molecule has 0 aromatic heterocycles. The fourth-order valence-electron chi connectivity index (χ4n) is 2.97. The molecule has 0 aliphatic heterocycles. The molecule has 0 unspecified atom stereocenters. The minimum absolute atomic E-state index is 0.0322. The summed E-state index contributed by atoms with van der Waals surface area (Å²) in [5.41, 5.74) is 4.44. The highest BCUT2D eigenvalue weighted by molar-refractivity contribution is 5.95. The van der Waals surface area contributed by atoms with E-state index in [0.717, 1.165) is 30.4 Å². The largest absolute Gasteiger partial charge is 0.345 e. The van der Waals surface area contributed by atoms with Gasteiger partial charge in [-0.15, -0.1) is 0 Å². The van der Waals surface area contributed by atoms with Gasteiger partial charge in [-0.05, 0) is 48.9 Å². The van der Waals surface area contributed by atoms with Gasteiger partial charge in [0, 0.05) is 5.56 Å². The van der Waals surface area contributed by atoms with Gasteiger partial charge in [-0.25, -0.2) is 0 Å². The van der Waals surface area contributed by atoms with E-state index in [0.29, 0.717) is 0 Å². The van der Waals surface area contributed by atoms with Crippen LogP contribution in [0.5, 0.6) is 0 Å². The average Bonchev–Trinajstić information content (AvgIpc) is 2.48. The minimum Gasteiger partial charge on any atom is -0.345 e. The lowest BCUT2D eigenvalue weighted by Gasteiger charge is -2.26. The number of fused-ring (bicyclic) bond motifs is 1. The van der Waals surface area contributed by atoms with Crippen LogP contribution in [-0.4, -0.2) is 5.91 Å². The van der Waals surface area contributed by atoms with E-state index in [1.54, 1.807) is 0 Å². The van der Waals surface area contributed by atoms with Gasteiger partial charge in [0.05, 0.1) is 6.04 Å². The predicted octanol–water partition coefficient (Wildman–Crippen LogP) is 3.80. The summed E-state index contributed by atoms with van der Waals surface area (Å²) in [6.45, 7) is 1.98. The first-order valence-corrected chi connectivity index (χ1v) is 7.20. The first kappa shape index (κ1) is 12.9. The van der Waals surface area contributed by atoms with Gasteiger partial charge in [-0.1, -0.05) is 42.5 Å². The Balaban J connectivity index is 1.83. The highest BCUT2D eigenvalue weighted by Gasteiger charge is 2.22. The third-order valence-corrected chi connectivity index (χ3v) is 4.06. The van der Waals surface area contributed by atoms with Crippen molar-refractivity contribution in [2.75, 3.05) is 0 Å². The van der Waals surface area contributed by atoms with Crippen LogP contribution in [0.15, 0.2) is 48.5 Å². The second-order valence-electron chi connectivity index (χ2n) is 5.43. The highest BCUT2D eigenvalue weighted by atomic mass is 16.1. The number of aryl methyl sites for hydroxylation is 2. The van der Waals surface area contributed by atoms with Gasteiger partial charge in [0.1, 0.15) is 0 Å². The molecule has 2 aromatic rings. The van der Waals surface area contributed by atoms with Crippen molar-refractivity contribution in [3.8, 4) is 0 Å². The van der Waals surface area contributed by atoms with E-state index < -0.39 is 0 Å². The van der Waals surface area contributed by atoms with Gasteiger partial charge >= 0.3 is 0 Å². The Hall–Kier alpha value is -2.09. The van der Waals surface area contributed by atoms with Crippen LogP contribution in [0.3, 0.4) is 0 Å². The van der Waals surface area contributed by atoms with E-state index in [-0.39, 0.29) is 11.9 Å². The van der Waals surface area contributed by atoms with Crippen LogP contribution in [0.4, 0.5) is 0 Å². The van der Waals surface area contributed by atoms with Gasteiger partial charge < -0.3 is 5.32 Å². The number of carbonyl (C=O) groups excluding carboxylic acids is 1. The molecule has 0 saturated heterocycles. The lowest BCUT2D eigenvalue weighted by atomic mass is 9.87. The Labute approximate surface area is 119 Å². The zero-order valence-corrected chi connectivity index (χ0v) is 11.7. The van der Waals surface area contributed by atoms with E-state index >= 15 is 0 Å². The highest BCUT2D eigenvalue weighted by Crippen LogP contribution is 2.29. The summed E-state index contributed by atoms with van der Waals surface area (Å²) in [6, 6.07) is 16.3. The number of rotatable bonds is 2. The Morgan fingerprint density at radius 2 is 1.85 bits per heavy atom. The molecule has 1 amide bonds. The van der Waals surface area contributed by atoms with Gasteiger partial charge in [-0.2, -0.15) is 0 Å². The summed E-state index contributed by atoms with van der Waals surface area (Å²) in [4.78, 5) is 12.4. The van der Waals surface area contributed by atoms with Gasteiger partial charge in [0.25, 0.3) is 5.91 Å². The van der Waals surface area contributed by atoms with E-state index in [1.165, 1.54) is 11.1 Å². The normalized spacial score (nSPS) is 17.4. The maximum atomic E-state index is 12.4. The van der Waals surface area contributed by atoms with Crippen molar-refractivity contribution in [1.29, 1.82) is 0 Å². The fraction of sp³-hybridized carbons (Fsp3) is 0.278. The maximum absolute atomic E-state index is 12.4. The van der Waals surface area contributed by atoms with Crippen LogP contribution < -0.4 is 5.32 Å². The summed E-state index contributed by atoms with van der Waals surface area (Å²) in [5, 5.41) is 3.19. The van der Waals surface area contributed by atoms with Gasteiger partial charge in [0.15, 0.2) is 0 Å². The van der Waals surface area contributed by atoms with Crippen LogP contribution in [0.1, 0.15) is 45.9 Å². The molecule has 1 N–H and O–H groups in total. The molecular weight excluding hydrogens is 246 g/mol. The van der Waals surface area contributed by atoms with Crippen LogP contribution in [0, 0.1) is 6.92 Å². The van der Waals surface area contributed by atoms with E-state index in [1.807, 2.05) is 31.2 Å². The monoisotopic (exact) mass is 265 g/mol. The standard InChI is InChI=1S/C18H19NO/c1-13-7-2-4-10-15(13)18(20)19-17-12-6-9-14-8-3-5-11-16(14)17/h2-5,7-8,10-11,17H,6,9,12H2,1H3,(H,19,20)/t17-/m1/s1. The topological polar surface area (TPSA) is 29.1 Å². The Bertz CT molecular complexity index is 633. The summed E-state index contributed by atoms with van der Waals surface area (Å²) in [7, 11) is 0. The second-order valence-corrected chi connectivity index (χ2v) is 5.43. The first-order chi connectivity index (χ1) is 9.75. The molecular formula is C18H19NO. The molecule has 102 valence electrons. The lowest BCUT2D eigenvalue weighted by molar-refractivity contribution is 0.0932. The van der Waals surface area contributed by atoms with Crippen molar-refractivity contribution in [2.24, 2.45) is 0 Å². The fourth-order valence-corrected chi connectivity index (χ4v) is 2.97. The molecule has 0 saturated carbocycles. The van der Waals surface area contributed by atoms with E-state index in [9.17, 15) is 4.79 Å². The van der Waals surface area contributed by atoms with Gasteiger partial charge in [-0.3, -0.25) is 4.79 Å². The Morgan fingerprint density at radius 1 is 1.10 bits per heavy atom. The van der Waals surface area contributed by atoms with Crippen LogP contribution in [-0.2, 0) is 6.42 Å². The number of hydrogen-bond acceptors (Lipinski definition) is 1. The number of amides is 1. The molecule has 0 spiro atoms. The molecule has 1 atom stereocenters.